The monoisotopic (exact) mass is 543 g/mol. The highest BCUT2D eigenvalue weighted by Gasteiger charge is 2.28. The lowest BCUT2D eigenvalue weighted by atomic mass is 10.2. The second-order valence-electron chi connectivity index (χ2n) is 9.69. The van der Waals surface area contributed by atoms with E-state index >= 15 is 0 Å². The number of imidazole rings is 1. The number of aryl methyl sites for hydroxylation is 1. The number of nitrogens with zero attached hydrogens (tertiary/aromatic N) is 2. The van der Waals surface area contributed by atoms with Gasteiger partial charge in [-0.05, 0) is 68.8 Å². The summed E-state index contributed by atoms with van der Waals surface area (Å²) >= 11 is 1.29. The van der Waals surface area contributed by atoms with E-state index in [-0.39, 0.29) is 5.91 Å². The number of anilines is 1. The predicted octanol–water partition coefficient (Wildman–Crippen LogP) is 7.74. The number of benzene rings is 3. The highest BCUT2D eigenvalue weighted by atomic mass is 32.2. The van der Waals surface area contributed by atoms with Crippen molar-refractivity contribution in [3.8, 4) is 22.9 Å². The maximum Gasteiger partial charge on any atom is 0.319 e. The molecule has 0 aliphatic heterocycles. The van der Waals surface area contributed by atoms with Gasteiger partial charge in [-0.15, -0.1) is 11.8 Å². The van der Waals surface area contributed by atoms with E-state index in [0.717, 1.165) is 42.0 Å². The van der Waals surface area contributed by atoms with Crippen LogP contribution in [0.1, 0.15) is 50.5 Å². The second-order valence-corrected chi connectivity index (χ2v) is 11.4. The fourth-order valence-corrected chi connectivity index (χ4v) is 4.84. The molecule has 39 heavy (non-hydrogen) atoms. The number of carbonyl (C=O) groups is 2. The standard InChI is InChI=1S/C31H33N3O4S/c1-4-5-9-20-34-21-27(33-28(34)22-12-18-26(19-13-22)39-31(2,3)30(36)37)29(35)32-23-14-16-25(17-15-23)38-24-10-7-6-8-11-24/h6-8,10-19,21H,4-5,9,20H2,1-3H3,(H,32,35)(H,36,37). The molecule has 8 heteroatoms. The van der Waals surface area contributed by atoms with E-state index in [1.165, 1.54) is 11.8 Å². The first kappa shape index (κ1) is 28.0. The van der Waals surface area contributed by atoms with Gasteiger partial charge in [0, 0.05) is 28.9 Å². The fourth-order valence-electron chi connectivity index (χ4n) is 3.89. The van der Waals surface area contributed by atoms with E-state index in [9.17, 15) is 14.7 Å². The van der Waals surface area contributed by atoms with Gasteiger partial charge in [-0.3, -0.25) is 9.59 Å². The van der Waals surface area contributed by atoms with Gasteiger partial charge in [-0.1, -0.05) is 50.1 Å². The predicted molar refractivity (Wildman–Crippen MR) is 156 cm³/mol. The molecule has 0 aliphatic carbocycles. The first-order valence-corrected chi connectivity index (χ1v) is 13.8. The van der Waals surface area contributed by atoms with Crippen molar-refractivity contribution in [2.24, 2.45) is 0 Å². The van der Waals surface area contributed by atoms with Gasteiger partial charge in [0.2, 0.25) is 0 Å². The minimum atomic E-state index is -0.933. The van der Waals surface area contributed by atoms with Crippen LogP contribution in [-0.2, 0) is 11.3 Å². The molecule has 0 radical (unpaired) electrons. The van der Waals surface area contributed by atoms with Crippen LogP contribution in [0.15, 0.2) is 90.0 Å². The van der Waals surface area contributed by atoms with Crippen LogP contribution in [0.5, 0.6) is 11.5 Å². The van der Waals surface area contributed by atoms with Crippen LogP contribution in [0.2, 0.25) is 0 Å². The zero-order valence-electron chi connectivity index (χ0n) is 22.4. The Morgan fingerprint density at radius 2 is 1.62 bits per heavy atom. The van der Waals surface area contributed by atoms with Crippen LogP contribution in [0.3, 0.4) is 0 Å². The quantitative estimate of drug-likeness (QED) is 0.140. The number of aliphatic carboxylic acids is 1. The first-order valence-electron chi connectivity index (χ1n) is 13.0. The second kappa shape index (κ2) is 12.7. The van der Waals surface area contributed by atoms with Gasteiger partial charge in [-0.2, -0.15) is 0 Å². The van der Waals surface area contributed by atoms with Gasteiger partial charge in [0.1, 0.15) is 27.8 Å². The van der Waals surface area contributed by atoms with Crippen LogP contribution in [0, 0.1) is 0 Å². The van der Waals surface area contributed by atoms with Crippen LogP contribution in [-0.4, -0.2) is 31.3 Å². The maximum absolute atomic E-state index is 13.1. The number of carboxylic acids is 1. The van der Waals surface area contributed by atoms with Crippen LogP contribution >= 0.6 is 11.8 Å². The Morgan fingerprint density at radius 3 is 2.26 bits per heavy atom. The molecule has 3 aromatic carbocycles. The summed E-state index contributed by atoms with van der Waals surface area (Å²) in [7, 11) is 0. The Kier molecular flexibility index (Phi) is 9.09. The number of aromatic nitrogens is 2. The summed E-state index contributed by atoms with van der Waals surface area (Å²) in [5.74, 6) is 0.967. The third-order valence-electron chi connectivity index (χ3n) is 6.10. The fraction of sp³-hybridized carbons (Fsp3) is 0.258. The smallest absolute Gasteiger partial charge is 0.319 e. The number of amides is 1. The van der Waals surface area contributed by atoms with Gasteiger partial charge in [0.05, 0.1) is 0 Å². The molecule has 7 nitrogen and oxygen atoms in total. The number of hydrogen-bond donors (Lipinski definition) is 2. The van der Waals surface area contributed by atoms with E-state index in [4.69, 9.17) is 4.74 Å². The van der Waals surface area contributed by atoms with Crippen molar-refractivity contribution >= 4 is 29.3 Å². The molecule has 0 spiro atoms. The van der Waals surface area contributed by atoms with E-state index in [2.05, 4.69) is 17.2 Å². The van der Waals surface area contributed by atoms with Gasteiger partial charge in [0.25, 0.3) is 5.91 Å². The summed E-state index contributed by atoms with van der Waals surface area (Å²) < 4.78 is 6.91. The topological polar surface area (TPSA) is 93.5 Å². The number of unbranched alkanes of at least 4 members (excludes halogenated alkanes) is 2. The lowest BCUT2D eigenvalue weighted by molar-refractivity contribution is -0.138. The molecule has 4 rings (SSSR count). The zero-order chi connectivity index (χ0) is 27.8. The van der Waals surface area contributed by atoms with Crippen molar-refractivity contribution in [1.82, 2.24) is 9.55 Å². The van der Waals surface area contributed by atoms with E-state index < -0.39 is 10.7 Å². The lowest BCUT2D eigenvalue weighted by Gasteiger charge is -2.18. The van der Waals surface area contributed by atoms with Crippen LogP contribution in [0.4, 0.5) is 5.69 Å². The number of ether oxygens (including phenoxy) is 1. The summed E-state index contributed by atoms with van der Waals surface area (Å²) in [6, 6.07) is 24.4. The molecule has 202 valence electrons. The van der Waals surface area contributed by atoms with Crippen molar-refractivity contribution in [3.63, 3.8) is 0 Å². The third kappa shape index (κ3) is 7.51. The third-order valence-corrected chi connectivity index (χ3v) is 7.30. The Labute approximate surface area is 233 Å². The van der Waals surface area contributed by atoms with Gasteiger partial charge >= 0.3 is 5.97 Å². The zero-order valence-corrected chi connectivity index (χ0v) is 23.2. The SMILES string of the molecule is CCCCCn1cc(C(=O)Nc2ccc(Oc3ccccc3)cc2)nc1-c1ccc(SC(C)(C)C(=O)O)cc1. The number of para-hydroxylation sites is 1. The van der Waals surface area contributed by atoms with Gasteiger partial charge in [-0.25, -0.2) is 4.98 Å². The molecule has 0 aliphatic rings. The Morgan fingerprint density at radius 1 is 0.949 bits per heavy atom. The van der Waals surface area contributed by atoms with Crippen molar-refractivity contribution in [3.05, 3.63) is 90.8 Å². The summed E-state index contributed by atoms with van der Waals surface area (Å²) in [5.41, 5.74) is 1.84. The van der Waals surface area contributed by atoms with Crippen LogP contribution < -0.4 is 10.1 Å². The molecular weight excluding hydrogens is 510 g/mol. The normalized spacial score (nSPS) is 11.3. The van der Waals surface area contributed by atoms with Crippen molar-refractivity contribution in [1.29, 1.82) is 0 Å². The number of carboxylic acid groups (broad SMARTS) is 1. The molecule has 1 heterocycles. The molecule has 0 fully saturated rings. The summed E-state index contributed by atoms with van der Waals surface area (Å²) in [5, 5.41) is 12.4. The Hall–Kier alpha value is -4.04. The van der Waals surface area contributed by atoms with E-state index in [0.29, 0.717) is 23.0 Å². The average molecular weight is 544 g/mol. The molecule has 0 unspecified atom stereocenters. The maximum atomic E-state index is 13.1. The molecule has 0 saturated carbocycles. The molecule has 2 N–H and O–H groups in total. The van der Waals surface area contributed by atoms with Gasteiger partial charge in [0.15, 0.2) is 0 Å². The summed E-state index contributed by atoms with van der Waals surface area (Å²) in [6.45, 7) is 6.27. The minimum Gasteiger partial charge on any atom is -0.480 e. The number of thioether (sulfide) groups is 1. The Balaban J connectivity index is 1.50. The number of carbonyl (C=O) groups excluding carboxylic acids is 1. The van der Waals surface area contributed by atoms with Crippen molar-refractivity contribution in [2.75, 3.05) is 5.32 Å². The molecule has 1 aromatic heterocycles. The molecule has 1 amide bonds. The highest BCUT2D eigenvalue weighted by Crippen LogP contribution is 2.34. The van der Waals surface area contributed by atoms with Crippen LogP contribution in [0.25, 0.3) is 11.4 Å². The molecule has 0 atom stereocenters. The molecule has 0 bridgehead atoms. The average Bonchev–Trinajstić information content (AvgIpc) is 3.35. The molecule has 4 aromatic rings. The minimum absolute atomic E-state index is 0.294. The molecular formula is C31H33N3O4S. The van der Waals surface area contributed by atoms with Crippen molar-refractivity contribution in [2.45, 2.75) is 56.2 Å². The summed E-state index contributed by atoms with van der Waals surface area (Å²) in [4.78, 5) is 30.1. The van der Waals surface area contributed by atoms with E-state index in [1.807, 2.05) is 71.3 Å². The molecule has 0 saturated heterocycles. The van der Waals surface area contributed by atoms with Gasteiger partial charge < -0.3 is 19.7 Å². The first-order chi connectivity index (χ1) is 18.7. The number of rotatable bonds is 12. The van der Waals surface area contributed by atoms with E-state index in [1.54, 1.807) is 32.2 Å². The summed E-state index contributed by atoms with van der Waals surface area (Å²) in [6.07, 6.45) is 4.94. The van der Waals surface area contributed by atoms with Crippen molar-refractivity contribution < 1.29 is 19.4 Å². The lowest BCUT2D eigenvalue weighted by Crippen LogP contribution is -2.26. The Bertz CT molecular complexity index is 1400. The highest BCUT2D eigenvalue weighted by molar-refractivity contribution is 8.01. The number of nitrogens with one attached hydrogen (secondary N) is 1. The largest absolute Gasteiger partial charge is 0.480 e. The number of hydrogen-bond acceptors (Lipinski definition) is 5.